The van der Waals surface area contributed by atoms with E-state index in [1.165, 1.54) is 0 Å². The first kappa shape index (κ1) is 7.79. The summed E-state index contributed by atoms with van der Waals surface area (Å²) in [5.41, 5.74) is 6.28. The number of nitrogen functional groups attached to an aromatic ring is 1. The van der Waals surface area contributed by atoms with Gasteiger partial charge in [-0.2, -0.15) is 0 Å². The minimum atomic E-state index is 0.200. The zero-order valence-corrected chi connectivity index (χ0v) is 6.97. The number of rotatable bonds is 2. The molecule has 66 valence electrons. The second kappa shape index (κ2) is 3.26. The zero-order valence-electron chi connectivity index (χ0n) is 6.97. The molecule has 0 fully saturated rings. The Labute approximate surface area is 75.4 Å². The Morgan fingerprint density at radius 2 is 2.23 bits per heavy atom. The molecular weight excluding hydrogens is 166 g/mol. The lowest BCUT2D eigenvalue weighted by molar-refractivity contribution is 0.532. The third-order valence-electron chi connectivity index (χ3n) is 1.65. The van der Waals surface area contributed by atoms with Gasteiger partial charge >= 0.3 is 0 Å². The predicted molar refractivity (Wildman–Crippen MR) is 48.0 cm³/mol. The Kier molecular flexibility index (Phi) is 1.96. The second-order valence-corrected chi connectivity index (χ2v) is 2.66. The first-order chi connectivity index (χ1) is 6.34. The van der Waals surface area contributed by atoms with Gasteiger partial charge < -0.3 is 10.2 Å². The molecule has 2 aromatic rings. The molecule has 0 amide bonds. The molecule has 2 heterocycles. The molecule has 0 aliphatic heterocycles. The van der Waals surface area contributed by atoms with Crippen molar-refractivity contribution >= 4 is 6.01 Å². The van der Waals surface area contributed by atoms with Gasteiger partial charge in [-0.05, 0) is 12.1 Å². The molecule has 0 unspecified atom stereocenters. The van der Waals surface area contributed by atoms with Crippen molar-refractivity contribution in [1.82, 2.24) is 9.97 Å². The Balaban J connectivity index is 2.15. The summed E-state index contributed by atoms with van der Waals surface area (Å²) in [5.74, 6) is 0.733. The predicted octanol–water partition coefficient (Wildman–Crippen LogP) is 1.24. The maximum atomic E-state index is 5.33. The average Bonchev–Trinajstić information content (AvgIpc) is 2.53. The summed E-state index contributed by atoms with van der Waals surface area (Å²) in [7, 11) is 0. The number of oxazole rings is 1. The van der Waals surface area contributed by atoms with Crippen LogP contribution in [0.1, 0.15) is 11.5 Å². The third-order valence-corrected chi connectivity index (χ3v) is 1.65. The minimum Gasteiger partial charge on any atom is -0.429 e. The molecule has 2 aromatic heterocycles. The number of nitrogens with two attached hydrogens (primary N) is 1. The Morgan fingerprint density at radius 3 is 2.85 bits per heavy atom. The Hall–Kier alpha value is -1.84. The summed E-state index contributed by atoms with van der Waals surface area (Å²) >= 11 is 0. The standard InChI is InChI=1S/C9H9N3O/c10-9-12-6-8(13-9)5-7-3-1-2-4-11-7/h1-4,6H,5H2,(H2,10,12). The SMILES string of the molecule is Nc1ncc(Cc2ccccn2)o1. The fraction of sp³-hybridized carbons (Fsp3) is 0.111. The average molecular weight is 175 g/mol. The molecule has 0 aliphatic rings. The van der Waals surface area contributed by atoms with E-state index in [9.17, 15) is 0 Å². The van der Waals surface area contributed by atoms with Gasteiger partial charge in [-0.25, -0.2) is 4.98 Å². The van der Waals surface area contributed by atoms with E-state index in [1.807, 2.05) is 18.2 Å². The highest BCUT2D eigenvalue weighted by molar-refractivity contribution is 5.16. The molecule has 0 aromatic carbocycles. The molecule has 0 atom stereocenters. The molecule has 2 N–H and O–H groups in total. The number of anilines is 1. The van der Waals surface area contributed by atoms with Crippen molar-refractivity contribution in [1.29, 1.82) is 0 Å². The first-order valence-electron chi connectivity index (χ1n) is 3.94. The second-order valence-electron chi connectivity index (χ2n) is 2.66. The molecule has 0 aliphatic carbocycles. The molecule has 0 bridgehead atoms. The van der Waals surface area contributed by atoms with E-state index in [2.05, 4.69) is 9.97 Å². The van der Waals surface area contributed by atoms with Crippen LogP contribution in [0.3, 0.4) is 0 Å². The van der Waals surface area contributed by atoms with Crippen molar-refractivity contribution in [3.05, 3.63) is 42.0 Å². The number of pyridine rings is 1. The Bertz CT molecular complexity index is 383. The van der Waals surface area contributed by atoms with Gasteiger partial charge in [0.1, 0.15) is 5.76 Å². The monoisotopic (exact) mass is 175 g/mol. The van der Waals surface area contributed by atoms with Crippen molar-refractivity contribution in [3.8, 4) is 0 Å². The number of hydrogen-bond acceptors (Lipinski definition) is 4. The largest absolute Gasteiger partial charge is 0.429 e. The van der Waals surface area contributed by atoms with Gasteiger partial charge in [0.25, 0.3) is 6.01 Å². The van der Waals surface area contributed by atoms with Gasteiger partial charge in [-0.1, -0.05) is 6.07 Å². The fourth-order valence-electron chi connectivity index (χ4n) is 1.09. The van der Waals surface area contributed by atoms with Crippen molar-refractivity contribution in [2.24, 2.45) is 0 Å². The van der Waals surface area contributed by atoms with Gasteiger partial charge in [-0.15, -0.1) is 0 Å². The van der Waals surface area contributed by atoms with Crippen molar-refractivity contribution < 1.29 is 4.42 Å². The molecule has 0 saturated heterocycles. The van der Waals surface area contributed by atoms with Crippen LogP contribution < -0.4 is 5.73 Å². The van der Waals surface area contributed by atoms with E-state index < -0.39 is 0 Å². The Morgan fingerprint density at radius 1 is 1.31 bits per heavy atom. The summed E-state index contributed by atoms with van der Waals surface area (Å²) in [5, 5.41) is 0. The van der Waals surface area contributed by atoms with Crippen LogP contribution in [0.2, 0.25) is 0 Å². The number of aromatic nitrogens is 2. The van der Waals surface area contributed by atoms with E-state index in [1.54, 1.807) is 12.4 Å². The summed E-state index contributed by atoms with van der Waals surface area (Å²) in [4.78, 5) is 7.95. The van der Waals surface area contributed by atoms with Crippen LogP contribution in [0.4, 0.5) is 6.01 Å². The molecule has 13 heavy (non-hydrogen) atoms. The van der Waals surface area contributed by atoms with Crippen LogP contribution in [0.25, 0.3) is 0 Å². The number of hydrogen-bond donors (Lipinski definition) is 1. The minimum absolute atomic E-state index is 0.200. The van der Waals surface area contributed by atoms with Crippen LogP contribution >= 0.6 is 0 Å². The summed E-state index contributed by atoms with van der Waals surface area (Å²) in [6, 6.07) is 5.94. The zero-order chi connectivity index (χ0) is 9.10. The molecule has 4 nitrogen and oxygen atoms in total. The van der Waals surface area contributed by atoms with E-state index in [0.717, 1.165) is 11.5 Å². The van der Waals surface area contributed by atoms with Crippen molar-refractivity contribution in [3.63, 3.8) is 0 Å². The summed E-state index contributed by atoms with van der Waals surface area (Å²) < 4.78 is 5.11. The van der Waals surface area contributed by atoms with Crippen LogP contribution in [0.15, 0.2) is 35.0 Å². The fourth-order valence-corrected chi connectivity index (χ4v) is 1.09. The lowest BCUT2D eigenvalue weighted by Gasteiger charge is -1.94. The smallest absolute Gasteiger partial charge is 0.292 e. The quantitative estimate of drug-likeness (QED) is 0.745. The summed E-state index contributed by atoms with van der Waals surface area (Å²) in [6.45, 7) is 0. The highest BCUT2D eigenvalue weighted by Gasteiger charge is 2.01. The summed E-state index contributed by atoms with van der Waals surface area (Å²) in [6.07, 6.45) is 3.99. The van der Waals surface area contributed by atoms with Crippen LogP contribution in [-0.2, 0) is 6.42 Å². The maximum Gasteiger partial charge on any atom is 0.292 e. The highest BCUT2D eigenvalue weighted by Crippen LogP contribution is 2.09. The normalized spacial score (nSPS) is 10.2. The molecule has 0 radical (unpaired) electrons. The van der Waals surface area contributed by atoms with Gasteiger partial charge in [0.15, 0.2) is 0 Å². The van der Waals surface area contributed by atoms with Crippen molar-refractivity contribution in [2.45, 2.75) is 6.42 Å². The third kappa shape index (κ3) is 1.84. The van der Waals surface area contributed by atoms with Gasteiger partial charge in [0.2, 0.25) is 0 Å². The molecule has 0 saturated carbocycles. The van der Waals surface area contributed by atoms with E-state index in [-0.39, 0.29) is 6.01 Å². The lowest BCUT2D eigenvalue weighted by Crippen LogP contribution is -1.88. The van der Waals surface area contributed by atoms with Crippen molar-refractivity contribution in [2.75, 3.05) is 5.73 Å². The highest BCUT2D eigenvalue weighted by atomic mass is 16.4. The van der Waals surface area contributed by atoms with Gasteiger partial charge in [0.05, 0.1) is 6.20 Å². The van der Waals surface area contributed by atoms with Gasteiger partial charge in [0, 0.05) is 18.3 Å². The van der Waals surface area contributed by atoms with E-state index in [4.69, 9.17) is 10.2 Å². The van der Waals surface area contributed by atoms with E-state index in [0.29, 0.717) is 6.42 Å². The van der Waals surface area contributed by atoms with Crippen LogP contribution in [0, 0.1) is 0 Å². The lowest BCUT2D eigenvalue weighted by atomic mass is 10.2. The molecule has 4 heteroatoms. The van der Waals surface area contributed by atoms with Gasteiger partial charge in [-0.3, -0.25) is 4.98 Å². The first-order valence-corrected chi connectivity index (χ1v) is 3.94. The van der Waals surface area contributed by atoms with Crippen LogP contribution in [-0.4, -0.2) is 9.97 Å². The molecule has 0 spiro atoms. The molecule has 2 rings (SSSR count). The topological polar surface area (TPSA) is 64.9 Å². The maximum absolute atomic E-state index is 5.33. The van der Waals surface area contributed by atoms with Crippen LogP contribution in [0.5, 0.6) is 0 Å². The van der Waals surface area contributed by atoms with E-state index >= 15 is 0 Å². The number of nitrogens with zero attached hydrogens (tertiary/aromatic N) is 2. The molecular formula is C9H9N3O.